The molecular formula is C22H25N3O. The Labute approximate surface area is 154 Å². The Kier molecular flexibility index (Phi) is 4.76. The van der Waals surface area contributed by atoms with Crippen molar-refractivity contribution in [3.8, 4) is 16.9 Å². The minimum Gasteiger partial charge on any atom is -0.490 e. The molecule has 1 aromatic heterocycles. The van der Waals surface area contributed by atoms with Crippen LogP contribution >= 0.6 is 0 Å². The molecule has 0 amide bonds. The van der Waals surface area contributed by atoms with E-state index in [-0.39, 0.29) is 0 Å². The number of pyridine rings is 1. The maximum atomic E-state index is 6.10. The topological polar surface area (TPSA) is 37.4 Å². The van der Waals surface area contributed by atoms with Gasteiger partial charge in [-0.3, -0.25) is 0 Å². The lowest BCUT2D eigenvalue weighted by Gasteiger charge is -2.23. The number of rotatable bonds is 4. The van der Waals surface area contributed by atoms with Gasteiger partial charge in [0.15, 0.2) is 0 Å². The van der Waals surface area contributed by atoms with Crippen LogP contribution in [0.1, 0.15) is 12.8 Å². The second kappa shape index (κ2) is 7.34. The number of benzene rings is 2. The fourth-order valence-electron chi connectivity index (χ4n) is 3.53. The molecule has 2 heterocycles. The highest BCUT2D eigenvalue weighted by atomic mass is 16.5. The van der Waals surface area contributed by atoms with E-state index in [4.69, 9.17) is 4.74 Å². The van der Waals surface area contributed by atoms with Crippen LogP contribution in [0.5, 0.6) is 5.75 Å². The number of hydrogen-bond donors (Lipinski definition) is 1. The van der Waals surface area contributed by atoms with Gasteiger partial charge in [0, 0.05) is 25.7 Å². The maximum absolute atomic E-state index is 6.10. The zero-order valence-corrected chi connectivity index (χ0v) is 15.4. The van der Waals surface area contributed by atoms with Gasteiger partial charge in [-0.15, -0.1) is 0 Å². The Balaban J connectivity index is 1.57. The number of ether oxygens (including phenoxy) is 1. The van der Waals surface area contributed by atoms with Crippen LogP contribution < -0.4 is 15.0 Å². The van der Waals surface area contributed by atoms with Gasteiger partial charge in [-0.25, -0.2) is 4.98 Å². The van der Waals surface area contributed by atoms with Crippen molar-refractivity contribution in [3.63, 3.8) is 0 Å². The molecule has 4 heteroatoms. The van der Waals surface area contributed by atoms with Crippen LogP contribution in [0.2, 0.25) is 0 Å². The van der Waals surface area contributed by atoms with Crippen molar-refractivity contribution in [1.82, 2.24) is 10.3 Å². The Bertz CT molecular complexity index is 884. The molecule has 0 spiro atoms. The minimum absolute atomic E-state index is 0.333. The zero-order valence-electron chi connectivity index (χ0n) is 15.4. The van der Waals surface area contributed by atoms with Crippen molar-refractivity contribution in [3.05, 3.63) is 54.7 Å². The normalized spacial score (nSPS) is 15.2. The molecule has 134 valence electrons. The molecule has 1 fully saturated rings. The first-order chi connectivity index (χ1) is 12.7. The van der Waals surface area contributed by atoms with Crippen molar-refractivity contribution >= 4 is 16.6 Å². The van der Waals surface area contributed by atoms with E-state index < -0.39 is 0 Å². The minimum atomic E-state index is 0.333. The molecule has 0 aliphatic carbocycles. The lowest BCUT2D eigenvalue weighted by molar-refractivity contribution is 0.162. The van der Waals surface area contributed by atoms with Crippen LogP contribution in [0.25, 0.3) is 21.9 Å². The first-order valence-corrected chi connectivity index (χ1v) is 9.24. The van der Waals surface area contributed by atoms with Crippen molar-refractivity contribution in [2.45, 2.75) is 18.9 Å². The maximum Gasteiger partial charge on any atom is 0.135 e. The predicted octanol–water partition coefficient (Wildman–Crippen LogP) is 4.10. The second-order valence-corrected chi connectivity index (χ2v) is 7.06. The van der Waals surface area contributed by atoms with E-state index in [0.29, 0.717) is 6.10 Å². The summed E-state index contributed by atoms with van der Waals surface area (Å²) in [7, 11) is 4.05. The molecular weight excluding hydrogens is 322 g/mol. The molecule has 0 bridgehead atoms. The number of hydrogen-bond acceptors (Lipinski definition) is 4. The number of piperidine rings is 1. The van der Waals surface area contributed by atoms with E-state index in [2.05, 4.69) is 63.7 Å². The Hall–Kier alpha value is -2.59. The molecule has 1 aliphatic rings. The standard InChI is InChI=1S/C22H25N3O/c1-25(2)22-21-8-5-17(15-18(21)9-14-24-22)16-3-6-19(7-4-16)26-20-10-12-23-13-11-20/h3-9,14-15,20,23H,10-13H2,1-2H3. The van der Waals surface area contributed by atoms with Crippen molar-refractivity contribution < 1.29 is 4.74 Å². The molecule has 0 atom stereocenters. The average Bonchev–Trinajstić information content (AvgIpc) is 2.68. The molecule has 2 aromatic carbocycles. The van der Waals surface area contributed by atoms with Gasteiger partial charge in [-0.1, -0.05) is 24.3 Å². The van der Waals surface area contributed by atoms with Gasteiger partial charge in [0.05, 0.1) is 0 Å². The molecule has 1 aliphatic heterocycles. The van der Waals surface area contributed by atoms with Gasteiger partial charge in [0.2, 0.25) is 0 Å². The third-order valence-corrected chi connectivity index (χ3v) is 4.94. The first-order valence-electron chi connectivity index (χ1n) is 9.24. The molecule has 26 heavy (non-hydrogen) atoms. The monoisotopic (exact) mass is 347 g/mol. The fraction of sp³-hybridized carbons (Fsp3) is 0.318. The number of nitrogens with zero attached hydrogens (tertiary/aromatic N) is 2. The highest BCUT2D eigenvalue weighted by Crippen LogP contribution is 2.29. The summed E-state index contributed by atoms with van der Waals surface area (Å²) in [6.45, 7) is 2.09. The second-order valence-electron chi connectivity index (χ2n) is 7.06. The first kappa shape index (κ1) is 16.9. The summed E-state index contributed by atoms with van der Waals surface area (Å²) in [5, 5.41) is 5.75. The van der Waals surface area contributed by atoms with Crippen LogP contribution in [-0.2, 0) is 0 Å². The molecule has 0 saturated carbocycles. The summed E-state index contributed by atoms with van der Waals surface area (Å²) >= 11 is 0. The number of nitrogens with one attached hydrogen (secondary N) is 1. The molecule has 1 N–H and O–H groups in total. The lowest BCUT2D eigenvalue weighted by atomic mass is 10.0. The van der Waals surface area contributed by atoms with Gasteiger partial charge in [-0.05, 0) is 66.7 Å². The SMILES string of the molecule is CN(C)c1nccc2cc(-c3ccc(OC4CCNCC4)cc3)ccc12. The van der Waals surface area contributed by atoms with Crippen molar-refractivity contribution in [2.24, 2.45) is 0 Å². The number of aromatic nitrogens is 1. The van der Waals surface area contributed by atoms with E-state index in [9.17, 15) is 0 Å². The summed E-state index contributed by atoms with van der Waals surface area (Å²) in [6.07, 6.45) is 4.36. The molecule has 4 rings (SSSR count). The van der Waals surface area contributed by atoms with Gasteiger partial charge in [0.25, 0.3) is 0 Å². The van der Waals surface area contributed by atoms with Crippen LogP contribution in [0, 0.1) is 0 Å². The van der Waals surface area contributed by atoms with E-state index in [0.717, 1.165) is 37.5 Å². The Morgan fingerprint density at radius 3 is 2.42 bits per heavy atom. The molecule has 4 nitrogen and oxygen atoms in total. The highest BCUT2D eigenvalue weighted by molar-refractivity contribution is 5.94. The van der Waals surface area contributed by atoms with Crippen LogP contribution in [0.3, 0.4) is 0 Å². The van der Waals surface area contributed by atoms with E-state index in [1.807, 2.05) is 20.3 Å². The van der Waals surface area contributed by atoms with E-state index in [1.165, 1.54) is 21.9 Å². The molecule has 3 aromatic rings. The van der Waals surface area contributed by atoms with Crippen LogP contribution in [0.15, 0.2) is 54.7 Å². The van der Waals surface area contributed by atoms with Crippen molar-refractivity contribution in [2.75, 3.05) is 32.1 Å². The molecule has 0 unspecified atom stereocenters. The largest absolute Gasteiger partial charge is 0.490 e. The fourth-order valence-corrected chi connectivity index (χ4v) is 3.53. The summed E-state index contributed by atoms with van der Waals surface area (Å²) in [5.41, 5.74) is 2.41. The smallest absolute Gasteiger partial charge is 0.135 e. The zero-order chi connectivity index (χ0) is 17.9. The lowest BCUT2D eigenvalue weighted by Crippen LogP contribution is -2.34. The summed E-state index contributed by atoms with van der Waals surface area (Å²) in [5.74, 6) is 1.96. The average molecular weight is 347 g/mol. The van der Waals surface area contributed by atoms with Gasteiger partial charge >= 0.3 is 0 Å². The van der Waals surface area contributed by atoms with Crippen LogP contribution in [0.4, 0.5) is 5.82 Å². The van der Waals surface area contributed by atoms with E-state index >= 15 is 0 Å². The predicted molar refractivity (Wildman–Crippen MR) is 108 cm³/mol. The van der Waals surface area contributed by atoms with Crippen molar-refractivity contribution in [1.29, 1.82) is 0 Å². The van der Waals surface area contributed by atoms with E-state index in [1.54, 1.807) is 0 Å². The Morgan fingerprint density at radius 2 is 1.69 bits per heavy atom. The Morgan fingerprint density at radius 1 is 0.962 bits per heavy atom. The number of fused-ring (bicyclic) bond motifs is 1. The van der Waals surface area contributed by atoms with Crippen LogP contribution in [-0.4, -0.2) is 38.3 Å². The number of anilines is 1. The van der Waals surface area contributed by atoms with Gasteiger partial charge < -0.3 is 15.0 Å². The third-order valence-electron chi connectivity index (χ3n) is 4.94. The summed E-state index contributed by atoms with van der Waals surface area (Å²) in [4.78, 5) is 6.53. The highest BCUT2D eigenvalue weighted by Gasteiger charge is 2.14. The van der Waals surface area contributed by atoms with Gasteiger partial charge in [0.1, 0.15) is 17.7 Å². The molecule has 0 radical (unpaired) electrons. The third kappa shape index (κ3) is 3.51. The summed E-state index contributed by atoms with van der Waals surface area (Å²) < 4.78 is 6.10. The van der Waals surface area contributed by atoms with Gasteiger partial charge in [-0.2, -0.15) is 0 Å². The summed E-state index contributed by atoms with van der Waals surface area (Å²) in [6, 6.07) is 17.1. The quantitative estimate of drug-likeness (QED) is 0.771. The molecule has 1 saturated heterocycles.